The van der Waals surface area contributed by atoms with Gasteiger partial charge < -0.3 is 4.90 Å². The number of fused-ring (bicyclic) bond motifs is 2. The van der Waals surface area contributed by atoms with E-state index in [1.165, 1.54) is 21.5 Å². The van der Waals surface area contributed by atoms with Crippen LogP contribution in [0.4, 0.5) is 5.69 Å². The Labute approximate surface area is 189 Å². The van der Waals surface area contributed by atoms with Crippen LogP contribution in [0.3, 0.4) is 0 Å². The van der Waals surface area contributed by atoms with E-state index in [1.807, 2.05) is 36.4 Å². The van der Waals surface area contributed by atoms with Crippen LogP contribution in [0.2, 0.25) is 0 Å². The van der Waals surface area contributed by atoms with Crippen molar-refractivity contribution in [2.75, 3.05) is 17.9 Å². The van der Waals surface area contributed by atoms with E-state index in [9.17, 15) is 13.2 Å². The predicted octanol–water partition coefficient (Wildman–Crippen LogP) is 4.59. The fourth-order valence-electron chi connectivity index (χ4n) is 4.95. The average molecular weight is 447 g/mol. The summed E-state index contributed by atoms with van der Waals surface area (Å²) >= 11 is 0. The van der Waals surface area contributed by atoms with Gasteiger partial charge in [0.2, 0.25) is 0 Å². The van der Waals surface area contributed by atoms with Crippen LogP contribution in [-0.4, -0.2) is 32.8 Å². The van der Waals surface area contributed by atoms with Gasteiger partial charge in [-0.05, 0) is 66.6 Å². The third-order valence-corrected chi connectivity index (χ3v) is 8.43. The Hall–Kier alpha value is -3.12. The number of carbonyl (C=O) groups excluding carboxylic acids is 1. The average Bonchev–Trinajstić information content (AvgIpc) is 3.27. The van der Waals surface area contributed by atoms with Gasteiger partial charge in [-0.2, -0.15) is 0 Å². The first-order chi connectivity index (χ1) is 15.5. The number of nitrogens with zero attached hydrogens (tertiary/aromatic N) is 2. The van der Waals surface area contributed by atoms with Gasteiger partial charge in [0.15, 0.2) is 0 Å². The first-order valence-corrected chi connectivity index (χ1v) is 12.5. The standard InChI is InChI=1S/C26H26N2O3S/c1-27(25-16-15-19-8-2-4-13-23(19)25)26(29)21-10-6-12-22(18-21)32(30,31)28-17-7-11-20-9-3-5-14-24(20)28/h2-6,8-10,12-14,18,25H,7,11,15-17H2,1H3. The van der Waals surface area contributed by atoms with Gasteiger partial charge in [-0.1, -0.05) is 48.5 Å². The lowest BCUT2D eigenvalue weighted by atomic mass is 10.0. The predicted molar refractivity (Wildman–Crippen MR) is 125 cm³/mol. The summed E-state index contributed by atoms with van der Waals surface area (Å²) in [6.45, 7) is 0.441. The third-order valence-electron chi connectivity index (χ3n) is 6.63. The molecule has 5 rings (SSSR count). The number of benzene rings is 3. The van der Waals surface area contributed by atoms with Crippen molar-refractivity contribution in [2.45, 2.75) is 36.6 Å². The molecule has 0 saturated carbocycles. The number of sulfonamides is 1. The van der Waals surface area contributed by atoms with E-state index in [-0.39, 0.29) is 16.8 Å². The minimum atomic E-state index is -3.76. The molecule has 1 amide bonds. The van der Waals surface area contributed by atoms with Gasteiger partial charge >= 0.3 is 0 Å². The van der Waals surface area contributed by atoms with Crippen LogP contribution in [0.25, 0.3) is 0 Å². The Morgan fingerprint density at radius 1 is 0.938 bits per heavy atom. The molecule has 3 aromatic rings. The SMILES string of the molecule is CN(C(=O)c1cccc(S(=O)(=O)N2CCCc3ccccc32)c1)C1CCc2ccccc21. The van der Waals surface area contributed by atoms with Crippen molar-refractivity contribution in [3.05, 3.63) is 95.1 Å². The quantitative estimate of drug-likeness (QED) is 0.589. The number of amides is 1. The summed E-state index contributed by atoms with van der Waals surface area (Å²) in [5.41, 5.74) is 4.61. The van der Waals surface area contributed by atoms with E-state index in [2.05, 4.69) is 12.1 Å². The molecule has 164 valence electrons. The van der Waals surface area contributed by atoms with E-state index in [0.29, 0.717) is 12.1 Å². The van der Waals surface area contributed by atoms with Crippen molar-refractivity contribution in [3.63, 3.8) is 0 Å². The normalized spacial score (nSPS) is 17.5. The Kier molecular flexibility index (Phi) is 5.25. The molecule has 2 aliphatic rings. The monoisotopic (exact) mass is 446 g/mol. The fraction of sp³-hybridized carbons (Fsp3) is 0.269. The largest absolute Gasteiger partial charge is 0.335 e. The zero-order valence-electron chi connectivity index (χ0n) is 18.1. The van der Waals surface area contributed by atoms with Crippen LogP contribution in [0.15, 0.2) is 77.7 Å². The molecule has 5 nitrogen and oxygen atoms in total. The molecular weight excluding hydrogens is 420 g/mol. The molecule has 0 bridgehead atoms. The number of para-hydroxylation sites is 1. The molecule has 0 N–H and O–H groups in total. The van der Waals surface area contributed by atoms with Crippen molar-refractivity contribution in [1.82, 2.24) is 4.90 Å². The second kappa shape index (κ2) is 8.10. The molecule has 0 aromatic heterocycles. The molecule has 32 heavy (non-hydrogen) atoms. The van der Waals surface area contributed by atoms with E-state index < -0.39 is 10.0 Å². The number of anilines is 1. The Morgan fingerprint density at radius 3 is 2.53 bits per heavy atom. The smallest absolute Gasteiger partial charge is 0.264 e. The number of hydrogen-bond acceptors (Lipinski definition) is 3. The van der Waals surface area contributed by atoms with Crippen LogP contribution in [0, 0.1) is 0 Å². The summed E-state index contributed by atoms with van der Waals surface area (Å²) in [4.78, 5) is 15.2. The van der Waals surface area contributed by atoms with Crippen molar-refractivity contribution in [3.8, 4) is 0 Å². The van der Waals surface area contributed by atoms with Crippen LogP contribution < -0.4 is 4.31 Å². The molecule has 3 aromatic carbocycles. The van der Waals surface area contributed by atoms with Crippen LogP contribution >= 0.6 is 0 Å². The minimum absolute atomic E-state index is 0.00735. The van der Waals surface area contributed by atoms with Crippen LogP contribution in [0.1, 0.15) is 45.9 Å². The molecule has 6 heteroatoms. The topological polar surface area (TPSA) is 57.7 Å². The highest BCUT2D eigenvalue weighted by Gasteiger charge is 2.31. The number of aryl methyl sites for hydroxylation is 2. The number of hydrogen-bond donors (Lipinski definition) is 0. The lowest BCUT2D eigenvalue weighted by molar-refractivity contribution is 0.0730. The maximum atomic E-state index is 13.5. The molecule has 0 radical (unpaired) electrons. The maximum Gasteiger partial charge on any atom is 0.264 e. The van der Waals surface area contributed by atoms with E-state index >= 15 is 0 Å². The van der Waals surface area contributed by atoms with Crippen molar-refractivity contribution in [1.29, 1.82) is 0 Å². The Bertz CT molecular complexity index is 1290. The number of carbonyl (C=O) groups is 1. The summed E-state index contributed by atoms with van der Waals surface area (Å²) in [5, 5.41) is 0. The highest BCUT2D eigenvalue weighted by atomic mass is 32.2. The highest BCUT2D eigenvalue weighted by molar-refractivity contribution is 7.92. The highest BCUT2D eigenvalue weighted by Crippen LogP contribution is 2.36. The minimum Gasteiger partial charge on any atom is -0.335 e. The van der Waals surface area contributed by atoms with E-state index in [4.69, 9.17) is 0 Å². The molecule has 1 unspecified atom stereocenters. The second-order valence-electron chi connectivity index (χ2n) is 8.51. The van der Waals surface area contributed by atoms with E-state index in [0.717, 1.165) is 36.9 Å². The summed E-state index contributed by atoms with van der Waals surface area (Å²) in [5.74, 6) is -0.164. The maximum absolute atomic E-state index is 13.5. The molecule has 1 atom stereocenters. The van der Waals surface area contributed by atoms with Crippen molar-refractivity contribution in [2.24, 2.45) is 0 Å². The molecule has 1 aliphatic heterocycles. The van der Waals surface area contributed by atoms with Gasteiger partial charge in [-0.3, -0.25) is 9.10 Å². The Morgan fingerprint density at radius 2 is 1.69 bits per heavy atom. The van der Waals surface area contributed by atoms with Gasteiger partial charge in [0, 0.05) is 19.2 Å². The summed E-state index contributed by atoms with van der Waals surface area (Å²) < 4.78 is 28.5. The van der Waals surface area contributed by atoms with Gasteiger partial charge in [0.1, 0.15) is 0 Å². The fourth-order valence-corrected chi connectivity index (χ4v) is 6.54. The van der Waals surface area contributed by atoms with Gasteiger partial charge in [0.25, 0.3) is 15.9 Å². The molecular formula is C26H26N2O3S. The first kappa shape index (κ1) is 20.8. The number of rotatable bonds is 4. The summed E-state index contributed by atoms with van der Waals surface area (Å²) in [6, 6.07) is 22.3. The van der Waals surface area contributed by atoms with Gasteiger partial charge in [0.05, 0.1) is 16.6 Å². The molecule has 1 heterocycles. The Balaban J connectivity index is 1.45. The van der Waals surface area contributed by atoms with E-state index in [1.54, 1.807) is 30.1 Å². The third kappa shape index (κ3) is 3.48. The zero-order valence-corrected chi connectivity index (χ0v) is 18.9. The molecule has 0 spiro atoms. The molecule has 0 saturated heterocycles. The lowest BCUT2D eigenvalue weighted by Crippen LogP contribution is -2.35. The summed E-state index contributed by atoms with van der Waals surface area (Å²) in [6.07, 6.45) is 3.47. The van der Waals surface area contributed by atoms with Crippen LogP contribution in [0.5, 0.6) is 0 Å². The molecule has 1 aliphatic carbocycles. The van der Waals surface area contributed by atoms with Crippen molar-refractivity contribution >= 4 is 21.6 Å². The second-order valence-corrected chi connectivity index (χ2v) is 10.4. The first-order valence-electron chi connectivity index (χ1n) is 11.0. The van der Waals surface area contributed by atoms with Crippen molar-refractivity contribution < 1.29 is 13.2 Å². The zero-order chi connectivity index (χ0) is 22.3. The lowest BCUT2D eigenvalue weighted by Gasteiger charge is -2.30. The van der Waals surface area contributed by atoms with Gasteiger partial charge in [-0.15, -0.1) is 0 Å². The van der Waals surface area contributed by atoms with Crippen LogP contribution in [-0.2, 0) is 22.9 Å². The van der Waals surface area contributed by atoms with Gasteiger partial charge in [-0.25, -0.2) is 8.42 Å². The molecule has 0 fully saturated rings. The summed E-state index contributed by atoms with van der Waals surface area (Å²) in [7, 11) is -1.96.